The van der Waals surface area contributed by atoms with E-state index in [-0.39, 0.29) is 35.7 Å². The van der Waals surface area contributed by atoms with Crippen molar-refractivity contribution in [3.63, 3.8) is 0 Å². The van der Waals surface area contributed by atoms with Gasteiger partial charge in [-0.1, -0.05) is 37.3 Å². The van der Waals surface area contributed by atoms with Crippen molar-refractivity contribution in [2.24, 2.45) is 5.41 Å². The second-order valence-electron chi connectivity index (χ2n) is 9.97. The van der Waals surface area contributed by atoms with Gasteiger partial charge in [0.25, 0.3) is 0 Å². The van der Waals surface area contributed by atoms with Crippen molar-refractivity contribution in [1.29, 1.82) is 0 Å². The number of piperazine rings is 1. The highest BCUT2D eigenvalue weighted by Gasteiger charge is 2.42. The molecule has 0 radical (unpaired) electrons. The van der Waals surface area contributed by atoms with E-state index in [1.165, 1.54) is 10.5 Å². The van der Waals surface area contributed by atoms with Crippen molar-refractivity contribution in [3.05, 3.63) is 82.3 Å². The first-order valence-electron chi connectivity index (χ1n) is 12.7. The topological polar surface area (TPSA) is 84.7 Å². The van der Waals surface area contributed by atoms with Gasteiger partial charge in [0.1, 0.15) is 17.3 Å². The molecule has 3 aromatic rings. The zero-order chi connectivity index (χ0) is 26.9. The van der Waals surface area contributed by atoms with Gasteiger partial charge < -0.3 is 9.64 Å². The van der Waals surface area contributed by atoms with Crippen LogP contribution in [0.4, 0.5) is 14.5 Å². The van der Waals surface area contributed by atoms with Gasteiger partial charge in [-0.25, -0.2) is 17.2 Å². The first-order valence-corrected chi connectivity index (χ1v) is 14.3. The molecule has 0 unspecified atom stereocenters. The van der Waals surface area contributed by atoms with Crippen LogP contribution in [0.2, 0.25) is 0 Å². The van der Waals surface area contributed by atoms with Crippen molar-refractivity contribution in [2.45, 2.75) is 31.9 Å². The average Bonchev–Trinajstić information content (AvgIpc) is 3.68. The molecule has 202 valence electrons. The van der Waals surface area contributed by atoms with Gasteiger partial charge in [-0.15, -0.1) is 0 Å². The lowest BCUT2D eigenvalue weighted by Gasteiger charge is -2.35. The molecule has 1 aliphatic heterocycles. The van der Waals surface area contributed by atoms with Gasteiger partial charge in [-0.2, -0.15) is 14.1 Å². The first-order chi connectivity index (χ1) is 18.2. The lowest BCUT2D eigenvalue weighted by atomic mass is 10.1. The SMILES string of the molecule is CCC1(COc2c(N3CCN(S(=O)(=O)Cc4ccccc4)CC3)cnn(-c3cc(F)cc(F)c3)c2=O)CC1. The van der Waals surface area contributed by atoms with Crippen LogP contribution in [0.25, 0.3) is 5.69 Å². The fraction of sp³-hybridized carbons (Fsp3) is 0.407. The summed E-state index contributed by atoms with van der Waals surface area (Å²) in [6.45, 7) is 3.58. The van der Waals surface area contributed by atoms with Gasteiger partial charge in [0.15, 0.2) is 0 Å². The fourth-order valence-electron chi connectivity index (χ4n) is 4.72. The summed E-state index contributed by atoms with van der Waals surface area (Å²) in [6.07, 6.45) is 4.37. The third-order valence-electron chi connectivity index (χ3n) is 7.40. The Morgan fingerprint density at radius 3 is 2.26 bits per heavy atom. The van der Waals surface area contributed by atoms with Crippen LogP contribution in [0.15, 0.2) is 59.5 Å². The summed E-state index contributed by atoms with van der Waals surface area (Å²) in [5.41, 5.74) is 0.510. The summed E-state index contributed by atoms with van der Waals surface area (Å²) in [7, 11) is -3.51. The summed E-state index contributed by atoms with van der Waals surface area (Å²) < 4.78 is 62.2. The number of benzene rings is 2. The Morgan fingerprint density at radius 1 is 1.00 bits per heavy atom. The Labute approximate surface area is 220 Å². The van der Waals surface area contributed by atoms with Gasteiger partial charge in [-0.3, -0.25) is 4.79 Å². The number of hydrogen-bond donors (Lipinski definition) is 0. The summed E-state index contributed by atoms with van der Waals surface area (Å²) in [5.74, 6) is -1.68. The quantitative estimate of drug-likeness (QED) is 0.408. The number of rotatable bonds is 9. The Morgan fingerprint density at radius 2 is 1.66 bits per heavy atom. The maximum atomic E-state index is 13.9. The molecule has 0 atom stereocenters. The van der Waals surface area contributed by atoms with Crippen LogP contribution < -0.4 is 15.2 Å². The monoisotopic (exact) mass is 544 g/mol. The molecular formula is C27H30F2N4O4S. The van der Waals surface area contributed by atoms with E-state index < -0.39 is 27.2 Å². The van der Waals surface area contributed by atoms with E-state index >= 15 is 0 Å². The van der Waals surface area contributed by atoms with Crippen LogP contribution in [-0.2, 0) is 15.8 Å². The molecule has 0 amide bonds. The van der Waals surface area contributed by atoms with Crippen LogP contribution in [0.5, 0.6) is 5.75 Å². The van der Waals surface area contributed by atoms with E-state index in [1.54, 1.807) is 12.1 Å². The lowest BCUT2D eigenvalue weighted by Crippen LogP contribution is -2.49. The molecule has 11 heteroatoms. The highest BCUT2D eigenvalue weighted by molar-refractivity contribution is 7.88. The minimum atomic E-state index is -3.51. The summed E-state index contributed by atoms with van der Waals surface area (Å²) >= 11 is 0. The molecule has 0 bridgehead atoms. The highest BCUT2D eigenvalue weighted by atomic mass is 32.2. The largest absolute Gasteiger partial charge is 0.486 e. The number of aromatic nitrogens is 2. The summed E-state index contributed by atoms with van der Waals surface area (Å²) in [4.78, 5) is 15.4. The lowest BCUT2D eigenvalue weighted by molar-refractivity contribution is 0.225. The molecule has 1 aliphatic carbocycles. The van der Waals surface area contributed by atoms with Gasteiger partial charge in [0.05, 0.1) is 24.2 Å². The molecule has 1 aromatic heterocycles. The van der Waals surface area contributed by atoms with E-state index in [4.69, 9.17) is 4.74 Å². The molecule has 2 aliphatic rings. The molecule has 1 saturated carbocycles. The maximum absolute atomic E-state index is 13.9. The fourth-order valence-corrected chi connectivity index (χ4v) is 6.24. The highest BCUT2D eigenvalue weighted by Crippen LogP contribution is 2.49. The van der Waals surface area contributed by atoms with E-state index in [1.807, 2.05) is 23.1 Å². The number of anilines is 1. The Hall–Kier alpha value is -3.31. The van der Waals surface area contributed by atoms with Crippen molar-refractivity contribution < 1.29 is 21.9 Å². The predicted molar refractivity (Wildman–Crippen MR) is 140 cm³/mol. The van der Waals surface area contributed by atoms with Crippen molar-refractivity contribution in [3.8, 4) is 11.4 Å². The van der Waals surface area contributed by atoms with E-state index in [9.17, 15) is 22.0 Å². The third-order valence-corrected chi connectivity index (χ3v) is 9.25. The van der Waals surface area contributed by atoms with Crippen molar-refractivity contribution >= 4 is 15.7 Å². The number of hydrogen-bond acceptors (Lipinski definition) is 6. The van der Waals surface area contributed by atoms with Crippen LogP contribution in [0.3, 0.4) is 0 Å². The minimum Gasteiger partial charge on any atom is -0.486 e. The zero-order valence-electron chi connectivity index (χ0n) is 21.1. The first kappa shape index (κ1) is 26.3. The van der Waals surface area contributed by atoms with E-state index in [0.717, 1.165) is 47.7 Å². The van der Waals surface area contributed by atoms with Gasteiger partial charge in [0, 0.05) is 37.7 Å². The number of ether oxygens (including phenoxy) is 1. The summed E-state index contributed by atoms with van der Waals surface area (Å²) in [5, 5.41) is 4.19. The number of halogens is 2. The molecule has 5 rings (SSSR count). The molecule has 8 nitrogen and oxygen atoms in total. The Bertz CT molecular complexity index is 1450. The predicted octanol–water partition coefficient (Wildman–Crippen LogP) is 3.73. The second-order valence-corrected chi connectivity index (χ2v) is 11.9. The van der Waals surface area contributed by atoms with Crippen LogP contribution >= 0.6 is 0 Å². The molecule has 0 N–H and O–H groups in total. The number of nitrogens with zero attached hydrogens (tertiary/aromatic N) is 4. The van der Waals surface area contributed by atoms with Crippen molar-refractivity contribution in [2.75, 3.05) is 37.7 Å². The molecule has 38 heavy (non-hydrogen) atoms. The van der Waals surface area contributed by atoms with Crippen LogP contribution in [0.1, 0.15) is 31.7 Å². The normalized spacial score (nSPS) is 17.4. The Kier molecular flexibility index (Phi) is 7.23. The zero-order valence-corrected chi connectivity index (χ0v) is 22.0. The molecule has 2 heterocycles. The summed E-state index contributed by atoms with van der Waals surface area (Å²) in [6, 6.07) is 11.8. The van der Waals surface area contributed by atoms with Gasteiger partial charge in [0.2, 0.25) is 15.8 Å². The maximum Gasteiger partial charge on any atom is 0.316 e. The second kappa shape index (κ2) is 10.5. The number of sulfonamides is 1. The standard InChI is InChI=1S/C27H30F2N4O4S/c1-2-27(8-9-27)19-37-25-24(17-30-33(26(25)34)23-15-21(28)14-22(29)16-23)31-10-12-32(13-11-31)38(35,36)18-20-6-4-3-5-7-20/h3-7,14-17H,2,8-13,18-19H2,1H3. The third kappa shape index (κ3) is 5.58. The molecule has 0 spiro atoms. The van der Waals surface area contributed by atoms with Crippen molar-refractivity contribution in [1.82, 2.24) is 14.1 Å². The van der Waals surface area contributed by atoms with E-state index in [0.29, 0.717) is 25.4 Å². The van der Waals surface area contributed by atoms with E-state index in [2.05, 4.69) is 12.0 Å². The minimum absolute atomic E-state index is 0.0208. The van der Waals surface area contributed by atoms with Crippen LogP contribution in [0, 0.1) is 17.0 Å². The average molecular weight is 545 g/mol. The molecule has 2 aromatic carbocycles. The smallest absolute Gasteiger partial charge is 0.316 e. The molecular weight excluding hydrogens is 514 g/mol. The Balaban J connectivity index is 1.40. The molecule has 2 fully saturated rings. The van der Waals surface area contributed by atoms with Crippen LogP contribution in [-0.4, -0.2) is 55.3 Å². The van der Waals surface area contributed by atoms with Gasteiger partial charge >= 0.3 is 5.56 Å². The van der Waals surface area contributed by atoms with Gasteiger partial charge in [-0.05, 0) is 37.0 Å². The molecule has 1 saturated heterocycles.